The first-order chi connectivity index (χ1) is 9.31. The Morgan fingerprint density at radius 1 is 1.45 bits per heavy atom. The number of aromatic carboxylic acids is 1. The van der Waals surface area contributed by atoms with E-state index in [9.17, 15) is 14.9 Å². The van der Waals surface area contributed by atoms with Crippen molar-refractivity contribution in [3.05, 3.63) is 44.4 Å². The third kappa shape index (κ3) is 2.32. The molecule has 1 N–H and O–H groups in total. The fraction of sp³-hybridized carbons (Fsp3) is 0.182. The van der Waals surface area contributed by atoms with Crippen LogP contribution in [0.4, 0.5) is 5.69 Å². The predicted octanol–water partition coefficient (Wildman–Crippen LogP) is 2.14. The van der Waals surface area contributed by atoms with E-state index >= 15 is 0 Å². The van der Waals surface area contributed by atoms with E-state index in [1.165, 1.54) is 30.7 Å². The van der Waals surface area contributed by atoms with E-state index in [0.29, 0.717) is 0 Å². The second kappa shape index (κ2) is 4.89. The monoisotopic (exact) mass is 296 g/mol. The zero-order chi connectivity index (χ0) is 15.0. The number of carboxylic acids is 1. The van der Waals surface area contributed by atoms with Gasteiger partial charge in [0.05, 0.1) is 10.5 Å². The van der Waals surface area contributed by atoms with Crippen LogP contribution in [0.25, 0.3) is 5.82 Å². The highest BCUT2D eigenvalue weighted by Crippen LogP contribution is 2.25. The van der Waals surface area contributed by atoms with Gasteiger partial charge < -0.3 is 5.11 Å². The lowest BCUT2D eigenvalue weighted by Crippen LogP contribution is -2.06. The van der Waals surface area contributed by atoms with Gasteiger partial charge in [-0.2, -0.15) is 5.10 Å². The number of pyridine rings is 1. The maximum atomic E-state index is 11.0. The summed E-state index contributed by atoms with van der Waals surface area (Å²) in [6.07, 6.45) is 0. The minimum atomic E-state index is -1.17. The number of halogens is 1. The van der Waals surface area contributed by atoms with Crippen molar-refractivity contribution in [1.82, 2.24) is 14.8 Å². The van der Waals surface area contributed by atoms with Crippen molar-refractivity contribution in [2.45, 2.75) is 13.8 Å². The molecular formula is C11H9ClN4O4. The minimum Gasteiger partial charge on any atom is -0.478 e. The van der Waals surface area contributed by atoms with Crippen molar-refractivity contribution in [2.75, 3.05) is 0 Å². The second-order valence-corrected chi connectivity index (χ2v) is 4.42. The Kier molecular flexibility index (Phi) is 3.41. The Bertz CT molecular complexity index is 725. The molecule has 0 saturated heterocycles. The van der Waals surface area contributed by atoms with Gasteiger partial charge in [-0.15, -0.1) is 0 Å². The SMILES string of the molecule is Cc1nn(-c2cc(C(=O)O)cc(Cl)n2)c(C)c1[N+](=O)[O-]. The van der Waals surface area contributed by atoms with Crippen LogP contribution in [0, 0.1) is 24.0 Å². The number of nitro groups is 1. The summed E-state index contributed by atoms with van der Waals surface area (Å²) in [6.45, 7) is 2.99. The van der Waals surface area contributed by atoms with E-state index in [0.717, 1.165) is 0 Å². The molecule has 0 aliphatic heterocycles. The summed E-state index contributed by atoms with van der Waals surface area (Å²) >= 11 is 5.76. The quantitative estimate of drug-likeness (QED) is 0.527. The number of hydrogen-bond donors (Lipinski definition) is 1. The van der Waals surface area contributed by atoms with Crippen LogP contribution in [-0.4, -0.2) is 30.8 Å². The molecule has 0 aromatic carbocycles. The van der Waals surface area contributed by atoms with Crippen LogP contribution in [-0.2, 0) is 0 Å². The Balaban J connectivity index is 2.66. The van der Waals surface area contributed by atoms with Gasteiger partial charge in [0.15, 0.2) is 5.82 Å². The Labute approximate surface area is 117 Å². The summed E-state index contributed by atoms with van der Waals surface area (Å²) in [6, 6.07) is 2.44. The van der Waals surface area contributed by atoms with Crippen LogP contribution in [0.1, 0.15) is 21.7 Å². The van der Waals surface area contributed by atoms with Gasteiger partial charge in [-0.25, -0.2) is 14.5 Å². The molecule has 0 bridgehead atoms. The number of hydrogen-bond acceptors (Lipinski definition) is 5. The molecule has 0 unspecified atom stereocenters. The van der Waals surface area contributed by atoms with Crippen molar-refractivity contribution < 1.29 is 14.8 Å². The number of aromatic nitrogens is 3. The van der Waals surface area contributed by atoms with Gasteiger partial charge in [0, 0.05) is 0 Å². The second-order valence-electron chi connectivity index (χ2n) is 4.03. The summed E-state index contributed by atoms with van der Waals surface area (Å²) in [4.78, 5) is 25.3. The first-order valence-corrected chi connectivity index (χ1v) is 5.81. The molecule has 0 amide bonds. The smallest absolute Gasteiger partial charge is 0.335 e. The molecule has 104 valence electrons. The topological polar surface area (TPSA) is 111 Å². The molecule has 20 heavy (non-hydrogen) atoms. The standard InChI is InChI=1S/C11H9ClN4O4/c1-5-10(16(19)20)6(2)15(14-5)9-4-7(11(17)18)3-8(12)13-9/h3-4H,1-2H3,(H,17,18). The van der Waals surface area contributed by atoms with Crippen LogP contribution < -0.4 is 0 Å². The third-order valence-corrected chi connectivity index (χ3v) is 2.87. The highest BCUT2D eigenvalue weighted by molar-refractivity contribution is 6.29. The van der Waals surface area contributed by atoms with Crippen molar-refractivity contribution in [3.8, 4) is 5.82 Å². The van der Waals surface area contributed by atoms with Crippen molar-refractivity contribution in [2.24, 2.45) is 0 Å². The van der Waals surface area contributed by atoms with Gasteiger partial charge in [0.25, 0.3) is 0 Å². The zero-order valence-electron chi connectivity index (χ0n) is 10.5. The minimum absolute atomic E-state index is 0.0323. The number of nitrogens with zero attached hydrogens (tertiary/aromatic N) is 4. The van der Waals surface area contributed by atoms with Gasteiger partial charge in [0.2, 0.25) is 0 Å². The third-order valence-electron chi connectivity index (χ3n) is 2.68. The molecule has 9 heteroatoms. The summed E-state index contributed by atoms with van der Waals surface area (Å²) in [5.74, 6) is -1.06. The molecule has 0 aliphatic carbocycles. The fourth-order valence-electron chi connectivity index (χ4n) is 1.84. The average Bonchev–Trinajstić information content (AvgIpc) is 2.63. The molecule has 2 rings (SSSR count). The lowest BCUT2D eigenvalue weighted by Gasteiger charge is -2.04. The van der Waals surface area contributed by atoms with Gasteiger partial charge >= 0.3 is 11.7 Å². The van der Waals surface area contributed by atoms with Crippen LogP contribution >= 0.6 is 11.6 Å². The molecule has 8 nitrogen and oxygen atoms in total. The van der Waals surface area contributed by atoms with E-state index < -0.39 is 10.9 Å². The summed E-state index contributed by atoms with van der Waals surface area (Å²) in [5, 5.41) is 23.9. The summed E-state index contributed by atoms with van der Waals surface area (Å²) in [7, 11) is 0. The number of rotatable bonds is 3. The van der Waals surface area contributed by atoms with Gasteiger partial charge in [0.1, 0.15) is 16.5 Å². The fourth-order valence-corrected chi connectivity index (χ4v) is 2.04. The number of aryl methyl sites for hydroxylation is 1. The first-order valence-electron chi connectivity index (χ1n) is 5.43. The molecular weight excluding hydrogens is 288 g/mol. The van der Waals surface area contributed by atoms with E-state index in [1.54, 1.807) is 0 Å². The Morgan fingerprint density at radius 2 is 2.10 bits per heavy atom. The van der Waals surface area contributed by atoms with Gasteiger partial charge in [-0.3, -0.25) is 10.1 Å². The normalized spacial score (nSPS) is 10.6. The highest BCUT2D eigenvalue weighted by Gasteiger charge is 2.23. The highest BCUT2D eigenvalue weighted by atomic mass is 35.5. The molecule has 0 aliphatic rings. The Hall–Kier alpha value is -2.48. The molecule has 0 fully saturated rings. The van der Waals surface area contributed by atoms with E-state index in [4.69, 9.17) is 16.7 Å². The molecule has 2 aromatic rings. The van der Waals surface area contributed by atoms with Gasteiger partial charge in [-0.05, 0) is 26.0 Å². The average molecular weight is 297 g/mol. The molecule has 2 heterocycles. The molecule has 0 radical (unpaired) electrons. The van der Waals surface area contributed by atoms with Crippen LogP contribution in [0.3, 0.4) is 0 Å². The van der Waals surface area contributed by atoms with Crippen molar-refractivity contribution in [3.63, 3.8) is 0 Å². The van der Waals surface area contributed by atoms with E-state index in [1.807, 2.05) is 0 Å². The van der Waals surface area contributed by atoms with Crippen molar-refractivity contribution >= 4 is 23.3 Å². The summed E-state index contributed by atoms with van der Waals surface area (Å²) in [5.41, 5.74) is 0.253. The lowest BCUT2D eigenvalue weighted by atomic mass is 10.2. The zero-order valence-corrected chi connectivity index (χ0v) is 11.2. The lowest BCUT2D eigenvalue weighted by molar-refractivity contribution is -0.386. The predicted molar refractivity (Wildman–Crippen MR) is 69.5 cm³/mol. The molecule has 0 atom stereocenters. The molecule has 0 spiro atoms. The summed E-state index contributed by atoms with van der Waals surface area (Å²) < 4.78 is 1.20. The van der Waals surface area contributed by atoms with Gasteiger partial charge in [-0.1, -0.05) is 11.6 Å². The van der Waals surface area contributed by atoms with E-state index in [-0.39, 0.29) is 33.6 Å². The first kappa shape index (κ1) is 13.9. The van der Waals surface area contributed by atoms with E-state index in [2.05, 4.69) is 10.1 Å². The van der Waals surface area contributed by atoms with Crippen molar-refractivity contribution in [1.29, 1.82) is 0 Å². The molecule has 2 aromatic heterocycles. The maximum Gasteiger partial charge on any atom is 0.335 e. The van der Waals surface area contributed by atoms with Crippen LogP contribution in [0.2, 0.25) is 5.15 Å². The molecule has 0 saturated carbocycles. The number of carboxylic acid groups (broad SMARTS) is 1. The maximum absolute atomic E-state index is 11.0. The number of carbonyl (C=O) groups is 1. The Morgan fingerprint density at radius 3 is 2.60 bits per heavy atom. The van der Waals surface area contributed by atoms with Crippen LogP contribution in [0.5, 0.6) is 0 Å². The largest absolute Gasteiger partial charge is 0.478 e. The van der Waals surface area contributed by atoms with Crippen LogP contribution in [0.15, 0.2) is 12.1 Å².